The van der Waals surface area contributed by atoms with Crippen LogP contribution in [0.25, 0.3) is 0 Å². The summed E-state index contributed by atoms with van der Waals surface area (Å²) in [4.78, 5) is 11.0. The van der Waals surface area contributed by atoms with Crippen LogP contribution in [0.5, 0.6) is 0 Å². The van der Waals surface area contributed by atoms with Gasteiger partial charge in [-0.15, -0.1) is 0 Å². The lowest BCUT2D eigenvalue weighted by atomic mass is 10.1. The van der Waals surface area contributed by atoms with Gasteiger partial charge < -0.3 is 5.32 Å². The monoisotopic (exact) mass is 199 g/mol. The highest BCUT2D eigenvalue weighted by molar-refractivity contribution is 5.78. The molecule has 0 radical (unpaired) electrons. The number of carbonyl (C=O) groups excluding carboxylic acids is 1. The molecule has 0 unspecified atom stereocenters. The van der Waals surface area contributed by atoms with Crippen molar-refractivity contribution in [2.75, 3.05) is 7.05 Å². The number of carbonyl (C=O) groups is 1. The molecule has 1 rings (SSSR count). The molecule has 0 saturated carbocycles. The first-order valence-electron chi connectivity index (χ1n) is 4.20. The van der Waals surface area contributed by atoms with Gasteiger partial charge in [0.05, 0.1) is 6.42 Å². The van der Waals surface area contributed by atoms with Crippen molar-refractivity contribution >= 4 is 5.91 Å². The van der Waals surface area contributed by atoms with Crippen molar-refractivity contribution in [3.63, 3.8) is 0 Å². The van der Waals surface area contributed by atoms with Crippen molar-refractivity contribution < 1.29 is 13.6 Å². The van der Waals surface area contributed by atoms with Gasteiger partial charge in [0.2, 0.25) is 5.91 Å². The molecule has 0 atom stereocenters. The lowest BCUT2D eigenvalue weighted by Gasteiger charge is -2.05. The predicted molar refractivity (Wildman–Crippen MR) is 48.9 cm³/mol. The Bertz CT molecular complexity index is 363. The number of hydrogen-bond donors (Lipinski definition) is 1. The molecular weight excluding hydrogens is 188 g/mol. The van der Waals surface area contributed by atoms with Gasteiger partial charge in [-0.05, 0) is 18.6 Å². The zero-order chi connectivity index (χ0) is 10.7. The topological polar surface area (TPSA) is 29.1 Å². The van der Waals surface area contributed by atoms with Crippen molar-refractivity contribution in [2.24, 2.45) is 0 Å². The molecule has 14 heavy (non-hydrogen) atoms. The number of likely N-dealkylation sites (N-methyl/N-ethyl adjacent to an activating group) is 1. The summed E-state index contributed by atoms with van der Waals surface area (Å²) in [5.41, 5.74) is 0.162. The summed E-state index contributed by atoms with van der Waals surface area (Å²) in [7, 11) is 1.47. The summed E-state index contributed by atoms with van der Waals surface area (Å²) < 4.78 is 26.2. The molecule has 0 aliphatic rings. The van der Waals surface area contributed by atoms with Crippen LogP contribution in [0.15, 0.2) is 12.1 Å². The van der Waals surface area contributed by atoms with Crippen LogP contribution in [0, 0.1) is 18.6 Å². The van der Waals surface area contributed by atoms with E-state index in [9.17, 15) is 13.6 Å². The molecule has 4 heteroatoms. The Morgan fingerprint density at radius 3 is 2.64 bits per heavy atom. The highest BCUT2D eigenvalue weighted by Gasteiger charge is 2.11. The van der Waals surface area contributed by atoms with Crippen LogP contribution in [0.2, 0.25) is 0 Å². The minimum Gasteiger partial charge on any atom is -0.359 e. The molecule has 0 heterocycles. The SMILES string of the molecule is CNC(=O)Cc1ccc(F)c(C)c1F. The minimum atomic E-state index is -0.645. The van der Waals surface area contributed by atoms with Crippen LogP contribution < -0.4 is 5.32 Å². The summed E-state index contributed by atoms with van der Waals surface area (Å²) in [5, 5.41) is 2.38. The summed E-state index contributed by atoms with van der Waals surface area (Å²) >= 11 is 0. The molecular formula is C10H11F2NO. The van der Waals surface area contributed by atoms with Crippen LogP contribution in [-0.2, 0) is 11.2 Å². The van der Waals surface area contributed by atoms with Crippen molar-refractivity contribution in [1.29, 1.82) is 0 Å². The maximum atomic E-state index is 13.3. The first kappa shape index (κ1) is 10.6. The minimum absolute atomic E-state index is 0.0496. The normalized spacial score (nSPS) is 10.0. The molecule has 0 aliphatic carbocycles. The van der Waals surface area contributed by atoms with Gasteiger partial charge in [-0.2, -0.15) is 0 Å². The molecule has 0 saturated heterocycles. The fourth-order valence-corrected chi connectivity index (χ4v) is 1.12. The molecule has 0 aliphatic heterocycles. The number of rotatable bonds is 2. The zero-order valence-electron chi connectivity index (χ0n) is 8.03. The van der Waals surface area contributed by atoms with E-state index in [4.69, 9.17) is 0 Å². The third-order valence-corrected chi connectivity index (χ3v) is 2.03. The maximum Gasteiger partial charge on any atom is 0.224 e. The van der Waals surface area contributed by atoms with Gasteiger partial charge in [-0.25, -0.2) is 8.78 Å². The van der Waals surface area contributed by atoms with Gasteiger partial charge in [0, 0.05) is 12.6 Å². The van der Waals surface area contributed by atoms with E-state index in [0.717, 1.165) is 6.07 Å². The Labute approximate surface area is 80.9 Å². The number of hydrogen-bond acceptors (Lipinski definition) is 1. The second kappa shape index (κ2) is 4.17. The number of halogens is 2. The smallest absolute Gasteiger partial charge is 0.224 e. The molecule has 0 aromatic heterocycles. The van der Waals surface area contributed by atoms with Gasteiger partial charge in [0.1, 0.15) is 11.6 Å². The van der Waals surface area contributed by atoms with E-state index in [0.29, 0.717) is 0 Å². The largest absolute Gasteiger partial charge is 0.359 e. The average Bonchev–Trinajstić information content (AvgIpc) is 2.19. The fourth-order valence-electron chi connectivity index (χ4n) is 1.12. The van der Waals surface area contributed by atoms with E-state index in [1.807, 2.05) is 0 Å². The second-order valence-corrected chi connectivity index (χ2v) is 3.00. The van der Waals surface area contributed by atoms with Crippen LogP contribution in [0.4, 0.5) is 8.78 Å². The lowest BCUT2D eigenvalue weighted by Crippen LogP contribution is -2.20. The lowest BCUT2D eigenvalue weighted by molar-refractivity contribution is -0.120. The van der Waals surface area contributed by atoms with E-state index in [-0.39, 0.29) is 23.5 Å². The molecule has 0 bridgehead atoms. The molecule has 1 amide bonds. The van der Waals surface area contributed by atoms with E-state index in [2.05, 4.69) is 5.32 Å². The van der Waals surface area contributed by atoms with E-state index < -0.39 is 11.6 Å². The average molecular weight is 199 g/mol. The zero-order valence-corrected chi connectivity index (χ0v) is 8.03. The van der Waals surface area contributed by atoms with Crippen molar-refractivity contribution in [2.45, 2.75) is 13.3 Å². The number of amides is 1. The quantitative estimate of drug-likeness (QED) is 0.769. The Balaban J connectivity index is 3.00. The summed E-state index contributed by atoms with van der Waals surface area (Å²) in [6.07, 6.45) is -0.0660. The van der Waals surface area contributed by atoms with Gasteiger partial charge >= 0.3 is 0 Å². The van der Waals surface area contributed by atoms with Crippen LogP contribution in [-0.4, -0.2) is 13.0 Å². The first-order valence-corrected chi connectivity index (χ1v) is 4.20. The van der Waals surface area contributed by atoms with Gasteiger partial charge in [-0.1, -0.05) is 6.07 Å². The first-order chi connectivity index (χ1) is 6.56. The van der Waals surface area contributed by atoms with Crippen LogP contribution in [0.3, 0.4) is 0 Å². The molecule has 1 aromatic carbocycles. The van der Waals surface area contributed by atoms with Gasteiger partial charge in [0.25, 0.3) is 0 Å². The second-order valence-electron chi connectivity index (χ2n) is 3.00. The Morgan fingerprint density at radius 2 is 2.07 bits per heavy atom. The van der Waals surface area contributed by atoms with Gasteiger partial charge in [0.15, 0.2) is 0 Å². The molecule has 2 nitrogen and oxygen atoms in total. The van der Waals surface area contributed by atoms with Crippen LogP contribution in [0.1, 0.15) is 11.1 Å². The summed E-state index contributed by atoms with van der Waals surface area (Å²) in [5.74, 6) is -1.54. The van der Waals surface area contributed by atoms with Crippen molar-refractivity contribution in [3.05, 3.63) is 34.9 Å². The molecule has 0 fully saturated rings. The fraction of sp³-hybridized carbons (Fsp3) is 0.300. The summed E-state index contributed by atoms with van der Waals surface area (Å²) in [6, 6.07) is 2.45. The highest BCUT2D eigenvalue weighted by Crippen LogP contribution is 2.16. The third-order valence-electron chi connectivity index (χ3n) is 2.03. The van der Waals surface area contributed by atoms with Gasteiger partial charge in [-0.3, -0.25) is 4.79 Å². The molecule has 1 aromatic rings. The predicted octanol–water partition coefficient (Wildman–Crippen LogP) is 1.56. The van der Waals surface area contributed by atoms with E-state index in [1.165, 1.54) is 20.0 Å². The number of benzene rings is 1. The standard InChI is InChI=1S/C10H11F2NO/c1-6-8(11)4-3-7(10(6)12)5-9(14)13-2/h3-4H,5H2,1-2H3,(H,13,14). The Kier molecular flexibility index (Phi) is 3.17. The van der Waals surface area contributed by atoms with E-state index in [1.54, 1.807) is 0 Å². The van der Waals surface area contributed by atoms with Crippen molar-refractivity contribution in [3.8, 4) is 0 Å². The molecule has 76 valence electrons. The van der Waals surface area contributed by atoms with Crippen LogP contribution >= 0.6 is 0 Å². The Morgan fingerprint density at radius 1 is 1.43 bits per heavy atom. The van der Waals surface area contributed by atoms with Crippen molar-refractivity contribution in [1.82, 2.24) is 5.32 Å². The molecule has 1 N–H and O–H groups in total. The number of nitrogens with one attached hydrogen (secondary N) is 1. The maximum absolute atomic E-state index is 13.3. The third kappa shape index (κ3) is 2.07. The highest BCUT2D eigenvalue weighted by atomic mass is 19.1. The van der Waals surface area contributed by atoms with E-state index >= 15 is 0 Å². The molecule has 0 spiro atoms. The Hall–Kier alpha value is -1.45. The summed E-state index contributed by atoms with van der Waals surface area (Å²) in [6.45, 7) is 1.35.